The first-order chi connectivity index (χ1) is 9.56. The van der Waals surface area contributed by atoms with Gasteiger partial charge in [-0.15, -0.1) is 0 Å². The van der Waals surface area contributed by atoms with Gasteiger partial charge in [-0.2, -0.15) is 0 Å². The molecule has 3 heteroatoms. The summed E-state index contributed by atoms with van der Waals surface area (Å²) in [6, 6.07) is 10.6. The van der Waals surface area contributed by atoms with Crippen LogP contribution in [0.5, 0.6) is 0 Å². The molecule has 0 heterocycles. The Morgan fingerprint density at radius 1 is 1.20 bits per heavy atom. The van der Waals surface area contributed by atoms with Crippen LogP contribution in [0.3, 0.4) is 0 Å². The van der Waals surface area contributed by atoms with Crippen molar-refractivity contribution in [2.75, 3.05) is 5.32 Å². The summed E-state index contributed by atoms with van der Waals surface area (Å²) < 4.78 is 0. The molecule has 1 fully saturated rings. The summed E-state index contributed by atoms with van der Waals surface area (Å²) in [5, 5.41) is 7.58. The van der Waals surface area contributed by atoms with Crippen molar-refractivity contribution in [2.24, 2.45) is 17.8 Å². The Labute approximate surface area is 128 Å². The zero-order chi connectivity index (χ0) is 14.5. The summed E-state index contributed by atoms with van der Waals surface area (Å²) in [4.78, 5) is 0. The van der Waals surface area contributed by atoms with Crippen LogP contribution in [-0.2, 0) is 0 Å². The van der Waals surface area contributed by atoms with Gasteiger partial charge in [-0.05, 0) is 54.9 Å². The van der Waals surface area contributed by atoms with E-state index in [1.807, 2.05) is 30.3 Å². The van der Waals surface area contributed by atoms with E-state index in [2.05, 4.69) is 31.4 Å². The van der Waals surface area contributed by atoms with Crippen LogP contribution in [-0.4, -0.2) is 11.2 Å². The molecule has 1 aliphatic carbocycles. The predicted octanol–water partition coefficient (Wildman–Crippen LogP) is 4.43. The third-order valence-electron chi connectivity index (χ3n) is 4.37. The van der Waals surface area contributed by atoms with E-state index in [0.29, 0.717) is 12.0 Å². The molecule has 0 bridgehead atoms. The van der Waals surface area contributed by atoms with Crippen LogP contribution in [0.4, 0.5) is 5.69 Å². The van der Waals surface area contributed by atoms with Crippen LogP contribution in [0.15, 0.2) is 30.3 Å². The summed E-state index contributed by atoms with van der Waals surface area (Å²) in [6.45, 7) is 6.99. The lowest BCUT2D eigenvalue weighted by Crippen LogP contribution is -2.47. The normalized spacial score (nSPS) is 26.3. The Morgan fingerprint density at radius 2 is 1.90 bits per heavy atom. The fraction of sp³-hybridized carbons (Fsp3) is 0.588. The molecule has 2 N–H and O–H groups in total. The molecule has 1 aromatic carbocycles. The maximum absolute atomic E-state index is 5.47. The molecule has 1 aliphatic rings. The minimum absolute atomic E-state index is 0.502. The number of hydrogen-bond donors (Lipinski definition) is 2. The molecule has 2 nitrogen and oxygen atoms in total. The number of rotatable bonds is 3. The Balaban J connectivity index is 1.94. The van der Waals surface area contributed by atoms with Crippen LogP contribution in [0.2, 0.25) is 0 Å². The summed E-state index contributed by atoms with van der Waals surface area (Å²) in [6.07, 6.45) is 3.88. The minimum atomic E-state index is 0.502. The van der Waals surface area contributed by atoms with Crippen LogP contribution in [0, 0.1) is 17.8 Å². The van der Waals surface area contributed by atoms with E-state index in [1.165, 1.54) is 19.3 Å². The van der Waals surface area contributed by atoms with E-state index in [0.717, 1.165) is 22.6 Å². The molecule has 20 heavy (non-hydrogen) atoms. The first-order valence-corrected chi connectivity index (χ1v) is 8.09. The number of nitrogens with one attached hydrogen (secondary N) is 2. The molecule has 0 radical (unpaired) electrons. The maximum atomic E-state index is 5.47. The molecule has 3 unspecified atom stereocenters. The van der Waals surface area contributed by atoms with Crippen molar-refractivity contribution in [1.29, 1.82) is 0 Å². The van der Waals surface area contributed by atoms with E-state index in [9.17, 15) is 0 Å². The number of para-hydroxylation sites is 1. The van der Waals surface area contributed by atoms with Gasteiger partial charge >= 0.3 is 0 Å². The van der Waals surface area contributed by atoms with Crippen molar-refractivity contribution in [3.63, 3.8) is 0 Å². The molecule has 1 aromatic rings. The first kappa shape index (κ1) is 15.3. The van der Waals surface area contributed by atoms with E-state index in [-0.39, 0.29) is 0 Å². The summed E-state index contributed by atoms with van der Waals surface area (Å²) in [7, 11) is 0. The average molecular weight is 290 g/mol. The Bertz CT molecular complexity index is 430. The zero-order valence-corrected chi connectivity index (χ0v) is 13.5. The highest BCUT2D eigenvalue weighted by Crippen LogP contribution is 2.33. The lowest BCUT2D eigenvalue weighted by molar-refractivity contribution is 0.186. The van der Waals surface area contributed by atoms with Gasteiger partial charge in [0.05, 0.1) is 0 Å². The molecule has 1 saturated carbocycles. The highest BCUT2D eigenvalue weighted by atomic mass is 32.1. The molecule has 110 valence electrons. The maximum Gasteiger partial charge on any atom is 0.171 e. The molecule has 2 rings (SSSR count). The van der Waals surface area contributed by atoms with E-state index >= 15 is 0 Å². The topological polar surface area (TPSA) is 24.1 Å². The van der Waals surface area contributed by atoms with E-state index in [4.69, 9.17) is 12.2 Å². The molecule has 0 aliphatic heterocycles. The van der Waals surface area contributed by atoms with Crippen LogP contribution in [0.25, 0.3) is 0 Å². The average Bonchev–Trinajstić information content (AvgIpc) is 2.39. The number of benzene rings is 1. The van der Waals surface area contributed by atoms with Gasteiger partial charge in [-0.25, -0.2) is 0 Å². The molecule has 0 aromatic heterocycles. The molecule has 0 spiro atoms. The second kappa shape index (κ2) is 7.07. The van der Waals surface area contributed by atoms with Crippen molar-refractivity contribution in [1.82, 2.24) is 5.32 Å². The van der Waals surface area contributed by atoms with Crippen molar-refractivity contribution in [3.8, 4) is 0 Å². The number of thiocarbonyl (C=S) groups is 1. The monoisotopic (exact) mass is 290 g/mol. The van der Waals surface area contributed by atoms with Gasteiger partial charge in [0, 0.05) is 11.7 Å². The fourth-order valence-electron chi connectivity index (χ4n) is 3.23. The van der Waals surface area contributed by atoms with Gasteiger partial charge in [0.1, 0.15) is 0 Å². The lowest BCUT2D eigenvalue weighted by Gasteiger charge is -2.38. The Hall–Kier alpha value is -1.09. The van der Waals surface area contributed by atoms with Crippen molar-refractivity contribution in [2.45, 2.75) is 46.1 Å². The van der Waals surface area contributed by atoms with Crippen LogP contribution >= 0.6 is 12.2 Å². The first-order valence-electron chi connectivity index (χ1n) is 7.69. The lowest BCUT2D eigenvalue weighted by atomic mass is 9.74. The van der Waals surface area contributed by atoms with Crippen molar-refractivity contribution >= 4 is 23.0 Å². The van der Waals surface area contributed by atoms with Crippen molar-refractivity contribution < 1.29 is 0 Å². The molecule has 0 amide bonds. The Morgan fingerprint density at radius 3 is 2.55 bits per heavy atom. The van der Waals surface area contributed by atoms with Gasteiger partial charge in [-0.3, -0.25) is 0 Å². The van der Waals surface area contributed by atoms with Crippen LogP contribution < -0.4 is 10.6 Å². The standard InChI is InChI=1S/C17H26N2S/c1-12(2)15-10-9-13(3)11-16(15)19-17(20)18-14-7-5-4-6-8-14/h4-8,12-13,15-16H,9-11H2,1-3H3,(H2,18,19,20). The molecule has 0 saturated heterocycles. The summed E-state index contributed by atoms with van der Waals surface area (Å²) in [5.74, 6) is 2.23. The van der Waals surface area contributed by atoms with Gasteiger partial charge < -0.3 is 10.6 Å². The second-order valence-electron chi connectivity index (χ2n) is 6.40. The highest BCUT2D eigenvalue weighted by Gasteiger charge is 2.30. The third kappa shape index (κ3) is 4.20. The van der Waals surface area contributed by atoms with Gasteiger partial charge in [0.2, 0.25) is 0 Å². The third-order valence-corrected chi connectivity index (χ3v) is 4.59. The predicted molar refractivity (Wildman–Crippen MR) is 90.9 cm³/mol. The smallest absolute Gasteiger partial charge is 0.171 e. The SMILES string of the molecule is CC1CCC(C(C)C)C(NC(=S)Nc2ccccc2)C1. The van der Waals surface area contributed by atoms with E-state index in [1.54, 1.807) is 0 Å². The quantitative estimate of drug-likeness (QED) is 0.805. The number of anilines is 1. The van der Waals surface area contributed by atoms with Crippen molar-refractivity contribution in [3.05, 3.63) is 30.3 Å². The fourth-order valence-corrected chi connectivity index (χ4v) is 3.49. The van der Waals surface area contributed by atoms with E-state index < -0.39 is 0 Å². The Kier molecular flexibility index (Phi) is 5.41. The number of hydrogen-bond acceptors (Lipinski definition) is 1. The summed E-state index contributed by atoms with van der Waals surface area (Å²) in [5.41, 5.74) is 1.05. The van der Waals surface area contributed by atoms with Gasteiger partial charge in [0.15, 0.2) is 5.11 Å². The van der Waals surface area contributed by atoms with Crippen LogP contribution in [0.1, 0.15) is 40.0 Å². The van der Waals surface area contributed by atoms with Gasteiger partial charge in [-0.1, -0.05) is 45.4 Å². The highest BCUT2D eigenvalue weighted by molar-refractivity contribution is 7.80. The summed E-state index contributed by atoms with van der Waals surface area (Å²) >= 11 is 5.47. The second-order valence-corrected chi connectivity index (χ2v) is 6.81. The molecular formula is C17H26N2S. The van der Waals surface area contributed by atoms with Gasteiger partial charge in [0.25, 0.3) is 0 Å². The zero-order valence-electron chi connectivity index (χ0n) is 12.7. The largest absolute Gasteiger partial charge is 0.359 e. The minimum Gasteiger partial charge on any atom is -0.359 e. The molecule has 3 atom stereocenters. The molecular weight excluding hydrogens is 264 g/mol.